The molecule has 1 unspecified atom stereocenters. The van der Waals surface area contributed by atoms with Gasteiger partial charge in [-0.1, -0.05) is 30.3 Å². The maximum atomic E-state index is 5.55. The first-order chi connectivity index (χ1) is 10.3. The number of nitrogens with one attached hydrogen (secondary N) is 1. The lowest BCUT2D eigenvalue weighted by atomic mass is 10.1. The lowest BCUT2D eigenvalue weighted by molar-refractivity contribution is -0.101. The summed E-state index contributed by atoms with van der Waals surface area (Å²) in [5.41, 5.74) is 2.14. The van der Waals surface area contributed by atoms with Crippen LogP contribution in [0, 0.1) is 6.92 Å². The lowest BCUT2D eigenvalue weighted by Gasteiger charge is -2.22. The molecule has 2 aromatic rings. The van der Waals surface area contributed by atoms with Gasteiger partial charge in [0.15, 0.2) is 0 Å². The topological polar surface area (TPSA) is 50.3 Å². The molecule has 21 heavy (non-hydrogen) atoms. The number of benzene rings is 1. The van der Waals surface area contributed by atoms with Crippen LogP contribution in [0.25, 0.3) is 0 Å². The molecule has 0 spiro atoms. The van der Waals surface area contributed by atoms with E-state index < -0.39 is 0 Å². The maximum absolute atomic E-state index is 5.55. The molecule has 5 heteroatoms. The molecule has 0 fully saturated rings. The third-order valence-corrected chi connectivity index (χ3v) is 3.34. The van der Waals surface area contributed by atoms with E-state index in [1.165, 1.54) is 5.56 Å². The summed E-state index contributed by atoms with van der Waals surface area (Å²) in [6, 6.07) is 14.4. The molecule has 1 aliphatic heterocycles. The molecular weight excluding hydrogens is 264 g/mol. The molecule has 1 atom stereocenters. The Labute approximate surface area is 124 Å². The Morgan fingerprint density at radius 3 is 2.76 bits per heavy atom. The Hall–Kier alpha value is -2.40. The smallest absolute Gasteiger partial charge is 0.148 e. The van der Waals surface area contributed by atoms with Crippen molar-refractivity contribution in [1.29, 1.82) is 0 Å². The Kier molecular flexibility index (Phi) is 4.12. The minimum atomic E-state index is 0.164. The van der Waals surface area contributed by atoms with Gasteiger partial charge in [-0.3, -0.25) is 0 Å². The molecule has 1 aliphatic rings. The van der Waals surface area contributed by atoms with E-state index in [9.17, 15) is 0 Å². The van der Waals surface area contributed by atoms with Gasteiger partial charge in [0.25, 0.3) is 0 Å². The number of aromatic nitrogens is 2. The van der Waals surface area contributed by atoms with Gasteiger partial charge in [0.05, 0.1) is 18.3 Å². The van der Waals surface area contributed by atoms with Crippen LogP contribution in [0.1, 0.15) is 17.3 Å². The molecule has 108 valence electrons. The second-order valence-electron chi connectivity index (χ2n) is 4.92. The minimum absolute atomic E-state index is 0.164. The third kappa shape index (κ3) is 3.38. The number of nitrogens with zero attached hydrogens (tertiary/aromatic N) is 3. The zero-order chi connectivity index (χ0) is 14.5. The maximum Gasteiger partial charge on any atom is 0.148 e. The van der Waals surface area contributed by atoms with Gasteiger partial charge < -0.3 is 10.2 Å². The Morgan fingerprint density at radius 1 is 1.14 bits per heavy atom. The van der Waals surface area contributed by atoms with E-state index in [0.29, 0.717) is 0 Å². The standard InChI is InChI=1S/C16H18N4O/c1-13-7-8-16(19-18-13)17-10-11-20-15(9-12-21-20)14-5-3-2-4-6-14/h2-9,12,15H,10-11H2,1H3,(H,17,19). The monoisotopic (exact) mass is 282 g/mol. The van der Waals surface area contributed by atoms with Crippen molar-refractivity contribution in [3.05, 3.63) is 66.1 Å². The molecule has 0 bridgehead atoms. The molecule has 0 saturated heterocycles. The second-order valence-corrected chi connectivity index (χ2v) is 4.92. The highest BCUT2D eigenvalue weighted by molar-refractivity contribution is 5.32. The van der Waals surface area contributed by atoms with E-state index in [-0.39, 0.29) is 6.04 Å². The van der Waals surface area contributed by atoms with Crippen LogP contribution in [0.4, 0.5) is 5.82 Å². The molecule has 0 saturated carbocycles. The first-order valence-electron chi connectivity index (χ1n) is 7.02. The van der Waals surface area contributed by atoms with Crippen molar-refractivity contribution in [2.75, 3.05) is 18.4 Å². The van der Waals surface area contributed by atoms with Crippen molar-refractivity contribution in [3.63, 3.8) is 0 Å². The van der Waals surface area contributed by atoms with E-state index in [2.05, 4.69) is 33.7 Å². The molecule has 0 radical (unpaired) electrons. The first kappa shape index (κ1) is 13.6. The van der Waals surface area contributed by atoms with Crippen LogP contribution in [0.5, 0.6) is 0 Å². The molecule has 1 aromatic heterocycles. The molecular formula is C16H18N4O. The van der Waals surface area contributed by atoms with Crippen LogP contribution in [0.2, 0.25) is 0 Å². The molecule has 1 N–H and O–H groups in total. The molecule has 2 heterocycles. The molecule has 0 amide bonds. The van der Waals surface area contributed by atoms with Crippen molar-refractivity contribution < 1.29 is 4.84 Å². The van der Waals surface area contributed by atoms with Crippen molar-refractivity contribution in [3.8, 4) is 0 Å². The Balaban J connectivity index is 1.54. The fourth-order valence-electron chi connectivity index (χ4n) is 2.26. The van der Waals surface area contributed by atoms with Crippen LogP contribution < -0.4 is 5.32 Å². The van der Waals surface area contributed by atoms with Gasteiger partial charge in [-0.05, 0) is 30.7 Å². The first-order valence-corrected chi connectivity index (χ1v) is 7.02. The summed E-state index contributed by atoms with van der Waals surface area (Å²) >= 11 is 0. The minimum Gasteiger partial charge on any atom is -0.413 e. The number of hydrogen-bond acceptors (Lipinski definition) is 5. The highest BCUT2D eigenvalue weighted by atomic mass is 16.7. The summed E-state index contributed by atoms with van der Waals surface area (Å²) in [5.74, 6) is 0.781. The van der Waals surface area contributed by atoms with Crippen LogP contribution in [-0.4, -0.2) is 28.4 Å². The van der Waals surface area contributed by atoms with E-state index in [1.54, 1.807) is 6.26 Å². The van der Waals surface area contributed by atoms with Crippen LogP contribution in [0.3, 0.4) is 0 Å². The SMILES string of the molecule is Cc1ccc(NCCN2OC=CC2c2ccccc2)nn1. The fourth-order valence-corrected chi connectivity index (χ4v) is 2.26. The molecule has 3 rings (SSSR count). The summed E-state index contributed by atoms with van der Waals surface area (Å²) in [6.45, 7) is 3.41. The van der Waals surface area contributed by atoms with Gasteiger partial charge in [0, 0.05) is 6.54 Å². The third-order valence-electron chi connectivity index (χ3n) is 3.34. The summed E-state index contributed by atoms with van der Waals surface area (Å²) in [5, 5.41) is 13.3. The molecule has 5 nitrogen and oxygen atoms in total. The van der Waals surface area contributed by atoms with E-state index in [0.717, 1.165) is 24.6 Å². The van der Waals surface area contributed by atoms with Gasteiger partial charge in [0.1, 0.15) is 12.1 Å². The van der Waals surface area contributed by atoms with E-state index in [4.69, 9.17) is 4.84 Å². The van der Waals surface area contributed by atoms with Crippen LogP contribution >= 0.6 is 0 Å². The van der Waals surface area contributed by atoms with E-state index in [1.807, 2.05) is 42.3 Å². The van der Waals surface area contributed by atoms with Crippen LogP contribution in [-0.2, 0) is 4.84 Å². The highest BCUT2D eigenvalue weighted by Crippen LogP contribution is 2.26. The normalized spacial score (nSPS) is 17.7. The summed E-state index contributed by atoms with van der Waals surface area (Å²) in [4.78, 5) is 5.55. The van der Waals surface area contributed by atoms with Gasteiger partial charge in [-0.15, -0.1) is 10.2 Å². The lowest BCUT2D eigenvalue weighted by Crippen LogP contribution is -2.28. The number of hydroxylamine groups is 2. The Morgan fingerprint density at radius 2 is 2.00 bits per heavy atom. The average molecular weight is 282 g/mol. The van der Waals surface area contributed by atoms with Crippen molar-refractivity contribution in [2.24, 2.45) is 0 Å². The Bertz CT molecular complexity index is 597. The predicted octanol–water partition coefficient (Wildman–Crippen LogP) is 2.70. The number of anilines is 1. The van der Waals surface area contributed by atoms with Crippen molar-refractivity contribution in [2.45, 2.75) is 13.0 Å². The summed E-state index contributed by atoms with van der Waals surface area (Å²) in [7, 11) is 0. The number of aryl methyl sites for hydroxylation is 1. The average Bonchev–Trinajstić information content (AvgIpc) is 2.99. The van der Waals surface area contributed by atoms with Crippen molar-refractivity contribution in [1.82, 2.24) is 15.3 Å². The van der Waals surface area contributed by atoms with Gasteiger partial charge in [0.2, 0.25) is 0 Å². The summed E-state index contributed by atoms with van der Waals surface area (Å²) in [6.07, 6.45) is 3.80. The van der Waals surface area contributed by atoms with E-state index >= 15 is 0 Å². The highest BCUT2D eigenvalue weighted by Gasteiger charge is 2.22. The van der Waals surface area contributed by atoms with Crippen molar-refractivity contribution >= 4 is 5.82 Å². The van der Waals surface area contributed by atoms with Gasteiger partial charge in [-0.2, -0.15) is 5.10 Å². The molecule has 0 aliphatic carbocycles. The molecule has 1 aromatic carbocycles. The van der Waals surface area contributed by atoms with Gasteiger partial charge >= 0.3 is 0 Å². The zero-order valence-corrected chi connectivity index (χ0v) is 11.9. The second kappa shape index (κ2) is 6.37. The largest absolute Gasteiger partial charge is 0.413 e. The predicted molar refractivity (Wildman–Crippen MR) is 81.4 cm³/mol. The zero-order valence-electron chi connectivity index (χ0n) is 11.9. The van der Waals surface area contributed by atoms with Crippen LogP contribution in [0.15, 0.2) is 54.8 Å². The summed E-state index contributed by atoms with van der Waals surface area (Å²) < 4.78 is 0. The number of rotatable bonds is 5. The quantitative estimate of drug-likeness (QED) is 0.913. The number of hydrogen-bond donors (Lipinski definition) is 1. The fraction of sp³-hybridized carbons (Fsp3) is 0.250. The van der Waals surface area contributed by atoms with Gasteiger partial charge in [-0.25, -0.2) is 0 Å².